The summed E-state index contributed by atoms with van der Waals surface area (Å²) in [6.07, 6.45) is 0.805. The summed E-state index contributed by atoms with van der Waals surface area (Å²) in [5.74, 6) is -1.15. The van der Waals surface area contributed by atoms with Gasteiger partial charge >= 0.3 is 12.1 Å². The molecule has 0 aromatic heterocycles. The Hall–Kier alpha value is -4.13. The molecule has 5 rings (SSSR count). The molecule has 2 aliphatic rings. The van der Waals surface area contributed by atoms with Crippen LogP contribution in [0.2, 0.25) is 0 Å². The zero-order valence-corrected chi connectivity index (χ0v) is 19.4. The molecule has 3 aromatic rings. The molecule has 7 heteroatoms. The lowest BCUT2D eigenvalue weighted by molar-refractivity contribution is -0.123. The molecule has 1 fully saturated rings. The van der Waals surface area contributed by atoms with Crippen LogP contribution in [-0.2, 0) is 9.53 Å². The third-order valence-corrected chi connectivity index (χ3v) is 7.03. The second-order valence-corrected chi connectivity index (χ2v) is 9.18. The van der Waals surface area contributed by atoms with E-state index in [1.807, 2.05) is 24.3 Å². The molecule has 178 valence electrons. The molecule has 0 atom stereocenters. The van der Waals surface area contributed by atoms with E-state index in [9.17, 15) is 14.4 Å². The number of alkyl carbamates (subject to hydrolysis) is 1. The molecule has 35 heavy (non-hydrogen) atoms. The average Bonchev–Trinajstić information content (AvgIpc) is 3.62. The minimum atomic E-state index is -1.02. The fourth-order valence-electron chi connectivity index (χ4n) is 4.81. The van der Waals surface area contributed by atoms with Gasteiger partial charge in [-0.1, -0.05) is 48.5 Å². The molecule has 0 aliphatic heterocycles. The van der Waals surface area contributed by atoms with Gasteiger partial charge in [0.05, 0.1) is 11.0 Å². The first kappa shape index (κ1) is 22.7. The molecule has 0 bridgehead atoms. The molecule has 2 aliphatic carbocycles. The molecule has 0 heterocycles. The zero-order valence-electron chi connectivity index (χ0n) is 19.4. The molecule has 1 saturated carbocycles. The summed E-state index contributed by atoms with van der Waals surface area (Å²) in [5, 5.41) is 11.8. The quantitative estimate of drug-likeness (QED) is 0.523. The van der Waals surface area contributed by atoms with Crippen molar-refractivity contribution in [2.75, 3.05) is 25.1 Å². The Morgan fingerprint density at radius 2 is 1.51 bits per heavy atom. The van der Waals surface area contributed by atoms with Crippen LogP contribution in [0.3, 0.4) is 0 Å². The van der Waals surface area contributed by atoms with Gasteiger partial charge in [0.2, 0.25) is 5.91 Å². The SMILES string of the molecule is CN(C(=O)C1(CNC(=O)OCC2c3ccccc3-c3ccccc32)CC1)c1ccc(C(=O)O)cc1. The minimum absolute atomic E-state index is 0.0235. The number of anilines is 1. The second kappa shape index (κ2) is 8.91. The van der Waals surface area contributed by atoms with Gasteiger partial charge in [-0.25, -0.2) is 9.59 Å². The van der Waals surface area contributed by atoms with Gasteiger partial charge in [0.1, 0.15) is 6.61 Å². The van der Waals surface area contributed by atoms with Gasteiger partial charge in [-0.3, -0.25) is 4.79 Å². The first-order chi connectivity index (χ1) is 16.9. The summed E-state index contributed by atoms with van der Waals surface area (Å²) >= 11 is 0. The molecule has 2 amide bonds. The summed E-state index contributed by atoms with van der Waals surface area (Å²) in [5.41, 5.74) is 4.72. The molecule has 3 aromatic carbocycles. The highest BCUT2D eigenvalue weighted by Crippen LogP contribution is 2.47. The number of carbonyl (C=O) groups is 3. The number of nitrogens with one attached hydrogen (secondary N) is 1. The predicted molar refractivity (Wildman–Crippen MR) is 132 cm³/mol. The smallest absolute Gasteiger partial charge is 0.407 e. The van der Waals surface area contributed by atoms with E-state index in [1.54, 1.807) is 19.2 Å². The average molecular weight is 471 g/mol. The van der Waals surface area contributed by atoms with Crippen LogP contribution in [0.5, 0.6) is 0 Å². The Bertz CT molecular complexity index is 1250. The number of benzene rings is 3. The zero-order chi connectivity index (χ0) is 24.6. The van der Waals surface area contributed by atoms with Crippen LogP contribution in [-0.4, -0.2) is 43.3 Å². The highest BCUT2D eigenvalue weighted by atomic mass is 16.5. The number of carboxylic acid groups (broad SMARTS) is 1. The van der Waals surface area contributed by atoms with Gasteiger partial charge in [-0.05, 0) is 59.4 Å². The van der Waals surface area contributed by atoms with Gasteiger partial charge in [0.25, 0.3) is 0 Å². The number of amides is 2. The van der Waals surface area contributed by atoms with Crippen LogP contribution in [0.1, 0.15) is 40.2 Å². The predicted octanol–water partition coefficient (Wildman–Crippen LogP) is 4.67. The number of nitrogens with zero attached hydrogens (tertiary/aromatic N) is 1. The molecule has 0 spiro atoms. The maximum absolute atomic E-state index is 13.1. The number of carboxylic acids is 1. The minimum Gasteiger partial charge on any atom is -0.478 e. The highest BCUT2D eigenvalue weighted by molar-refractivity contribution is 5.99. The normalized spacial score (nSPS) is 15.0. The van der Waals surface area contributed by atoms with E-state index in [4.69, 9.17) is 9.84 Å². The fraction of sp³-hybridized carbons (Fsp3) is 0.250. The van der Waals surface area contributed by atoms with E-state index in [0.717, 1.165) is 11.1 Å². The molecular formula is C28H26N2O5. The van der Waals surface area contributed by atoms with Crippen molar-refractivity contribution in [3.05, 3.63) is 89.5 Å². The van der Waals surface area contributed by atoms with Gasteiger partial charge in [-0.15, -0.1) is 0 Å². The Kier molecular flexibility index (Phi) is 5.76. The molecule has 2 N–H and O–H groups in total. The van der Waals surface area contributed by atoms with Crippen LogP contribution in [0.25, 0.3) is 11.1 Å². The first-order valence-corrected chi connectivity index (χ1v) is 11.6. The summed E-state index contributed by atoms with van der Waals surface area (Å²) < 4.78 is 5.59. The van der Waals surface area contributed by atoms with Gasteiger partial charge in [0.15, 0.2) is 0 Å². The van der Waals surface area contributed by atoms with Gasteiger partial charge in [-0.2, -0.15) is 0 Å². The van der Waals surface area contributed by atoms with Crippen LogP contribution in [0.4, 0.5) is 10.5 Å². The fourth-order valence-corrected chi connectivity index (χ4v) is 4.81. The van der Waals surface area contributed by atoms with Crippen molar-refractivity contribution < 1.29 is 24.2 Å². The maximum Gasteiger partial charge on any atom is 0.407 e. The Morgan fingerprint density at radius 1 is 0.943 bits per heavy atom. The highest BCUT2D eigenvalue weighted by Gasteiger charge is 2.51. The second-order valence-electron chi connectivity index (χ2n) is 9.18. The van der Waals surface area contributed by atoms with Gasteiger partial charge in [0, 0.05) is 25.2 Å². The molecule has 7 nitrogen and oxygen atoms in total. The number of hydrogen-bond donors (Lipinski definition) is 2. The topological polar surface area (TPSA) is 95.9 Å². The van der Waals surface area contributed by atoms with Crippen molar-refractivity contribution in [1.82, 2.24) is 5.32 Å². The molecule has 0 radical (unpaired) electrons. The van der Waals surface area contributed by atoms with Crippen molar-refractivity contribution in [2.24, 2.45) is 5.41 Å². The standard InChI is InChI=1S/C28H26N2O5/c1-30(19-12-10-18(11-13-19)25(31)32)26(33)28(14-15-28)17-29-27(34)35-16-24-22-8-4-2-6-20(22)21-7-3-5-9-23(21)24/h2-13,24H,14-17H2,1H3,(H,29,34)(H,31,32). The number of fused-ring (bicyclic) bond motifs is 3. The first-order valence-electron chi connectivity index (χ1n) is 11.6. The van der Waals surface area contributed by atoms with Crippen molar-refractivity contribution in [3.8, 4) is 11.1 Å². The lowest BCUT2D eigenvalue weighted by atomic mass is 9.98. The van der Waals surface area contributed by atoms with Crippen LogP contribution in [0, 0.1) is 5.41 Å². The largest absolute Gasteiger partial charge is 0.478 e. The number of aromatic carboxylic acids is 1. The van der Waals surface area contributed by atoms with E-state index < -0.39 is 17.5 Å². The Balaban J connectivity index is 1.19. The van der Waals surface area contributed by atoms with Crippen LogP contribution in [0.15, 0.2) is 72.8 Å². The van der Waals surface area contributed by atoms with Crippen LogP contribution >= 0.6 is 0 Å². The third kappa shape index (κ3) is 4.25. The van der Waals surface area contributed by atoms with Gasteiger partial charge < -0.3 is 20.1 Å². The maximum atomic E-state index is 13.1. The molecule has 0 saturated heterocycles. The number of hydrogen-bond acceptors (Lipinski definition) is 4. The van der Waals surface area contributed by atoms with Crippen LogP contribution < -0.4 is 10.2 Å². The summed E-state index contributed by atoms with van der Waals surface area (Å²) in [4.78, 5) is 38.2. The lowest BCUT2D eigenvalue weighted by Crippen LogP contribution is -2.41. The van der Waals surface area contributed by atoms with E-state index in [0.29, 0.717) is 18.5 Å². The lowest BCUT2D eigenvalue weighted by Gasteiger charge is -2.24. The molecule has 0 unspecified atom stereocenters. The number of ether oxygens (including phenoxy) is 1. The Labute approximate surface area is 203 Å². The third-order valence-electron chi connectivity index (χ3n) is 7.03. The van der Waals surface area contributed by atoms with E-state index in [2.05, 4.69) is 29.6 Å². The molecular weight excluding hydrogens is 444 g/mol. The van der Waals surface area contributed by atoms with Crippen molar-refractivity contribution in [3.63, 3.8) is 0 Å². The van der Waals surface area contributed by atoms with Crippen molar-refractivity contribution >= 4 is 23.7 Å². The van der Waals surface area contributed by atoms with E-state index in [-0.39, 0.29) is 30.5 Å². The summed E-state index contributed by atoms with van der Waals surface area (Å²) in [6, 6.07) is 22.5. The number of rotatable bonds is 7. The summed E-state index contributed by atoms with van der Waals surface area (Å²) in [6.45, 7) is 0.413. The summed E-state index contributed by atoms with van der Waals surface area (Å²) in [7, 11) is 1.66. The monoisotopic (exact) mass is 470 g/mol. The number of carbonyl (C=O) groups excluding carboxylic acids is 2. The van der Waals surface area contributed by atoms with E-state index >= 15 is 0 Å². The van der Waals surface area contributed by atoms with Crippen molar-refractivity contribution in [1.29, 1.82) is 0 Å². The van der Waals surface area contributed by atoms with Crippen molar-refractivity contribution in [2.45, 2.75) is 18.8 Å². The Morgan fingerprint density at radius 3 is 2.06 bits per heavy atom. The van der Waals surface area contributed by atoms with E-state index in [1.165, 1.54) is 28.2 Å².